The Morgan fingerprint density at radius 3 is 2.89 bits per heavy atom. The van der Waals surface area contributed by atoms with Crippen molar-refractivity contribution in [3.8, 4) is 0 Å². The summed E-state index contributed by atoms with van der Waals surface area (Å²) < 4.78 is 13.8. The average molecular weight is 370 g/mol. The number of carbonyl (C=O) groups excluding carboxylic acids is 1. The highest BCUT2D eigenvalue weighted by Gasteiger charge is 2.46. The van der Waals surface area contributed by atoms with E-state index in [0.29, 0.717) is 29.5 Å². The number of carbonyl (C=O) groups is 1. The minimum absolute atomic E-state index is 0.00707. The Balaban J connectivity index is 1.65. The van der Waals surface area contributed by atoms with Crippen molar-refractivity contribution in [3.63, 3.8) is 0 Å². The Morgan fingerprint density at radius 2 is 2.15 bits per heavy atom. The van der Waals surface area contributed by atoms with Crippen molar-refractivity contribution in [2.24, 2.45) is 11.8 Å². The SMILES string of the molecule is Cc1nc(C)c(CC(=O)N2C[C@@H]3CNC[C@@H]3[C@@H]2c2cccc(F)c2)c(=O)[nH]1. The zero-order chi connectivity index (χ0) is 19.1. The summed E-state index contributed by atoms with van der Waals surface area (Å²) in [6.07, 6.45) is 0.00707. The second kappa shape index (κ2) is 6.88. The van der Waals surface area contributed by atoms with Gasteiger partial charge in [-0.3, -0.25) is 9.59 Å². The van der Waals surface area contributed by atoms with Crippen LogP contribution < -0.4 is 10.9 Å². The molecule has 2 saturated heterocycles. The standard InChI is InChI=1S/C20H23FN4O2/c1-11-16(20(27)24-12(2)23-11)7-18(26)25-10-14-8-22-9-17(14)19(25)13-4-3-5-15(21)6-13/h3-6,14,17,19,22H,7-10H2,1-2H3,(H,23,24,27)/t14-,17-,19-/m0/s1. The van der Waals surface area contributed by atoms with Gasteiger partial charge < -0.3 is 15.2 Å². The smallest absolute Gasteiger partial charge is 0.254 e. The fourth-order valence-corrected chi connectivity index (χ4v) is 4.51. The second-order valence-electron chi connectivity index (χ2n) is 7.52. The van der Waals surface area contributed by atoms with Crippen LogP contribution in [0.3, 0.4) is 0 Å². The van der Waals surface area contributed by atoms with Crippen molar-refractivity contribution in [1.82, 2.24) is 20.2 Å². The van der Waals surface area contributed by atoms with E-state index < -0.39 is 0 Å². The van der Waals surface area contributed by atoms with Crippen LogP contribution >= 0.6 is 0 Å². The third kappa shape index (κ3) is 3.27. The molecule has 7 heteroatoms. The number of nitrogens with zero attached hydrogens (tertiary/aromatic N) is 2. The lowest BCUT2D eigenvalue weighted by molar-refractivity contribution is -0.132. The van der Waals surface area contributed by atoms with E-state index in [1.807, 2.05) is 11.0 Å². The molecule has 2 N–H and O–H groups in total. The molecular weight excluding hydrogens is 347 g/mol. The first kappa shape index (κ1) is 17.9. The number of rotatable bonds is 3. The highest BCUT2D eigenvalue weighted by molar-refractivity contribution is 5.80. The number of amides is 1. The van der Waals surface area contributed by atoms with Crippen LogP contribution in [0.2, 0.25) is 0 Å². The molecule has 2 aromatic rings. The van der Waals surface area contributed by atoms with E-state index in [9.17, 15) is 14.0 Å². The Kier molecular flexibility index (Phi) is 4.55. The van der Waals surface area contributed by atoms with E-state index in [0.717, 1.165) is 18.7 Å². The molecule has 0 aliphatic carbocycles. The minimum atomic E-state index is -0.302. The number of aromatic nitrogens is 2. The number of halogens is 1. The molecule has 1 aromatic heterocycles. The maximum atomic E-state index is 13.8. The molecule has 4 rings (SSSR count). The quantitative estimate of drug-likeness (QED) is 0.858. The normalized spacial score (nSPS) is 24.3. The first-order chi connectivity index (χ1) is 12.9. The van der Waals surface area contributed by atoms with Crippen LogP contribution in [-0.4, -0.2) is 40.4 Å². The molecule has 0 bridgehead atoms. The van der Waals surface area contributed by atoms with Gasteiger partial charge in [-0.05, 0) is 37.5 Å². The first-order valence-corrected chi connectivity index (χ1v) is 9.26. The van der Waals surface area contributed by atoms with Crippen LogP contribution in [0.15, 0.2) is 29.1 Å². The van der Waals surface area contributed by atoms with Gasteiger partial charge in [-0.1, -0.05) is 12.1 Å². The number of hydrogen-bond acceptors (Lipinski definition) is 4. The summed E-state index contributed by atoms with van der Waals surface area (Å²) in [7, 11) is 0. The largest absolute Gasteiger partial charge is 0.335 e. The van der Waals surface area contributed by atoms with E-state index in [4.69, 9.17) is 0 Å². The highest BCUT2D eigenvalue weighted by atomic mass is 19.1. The van der Waals surface area contributed by atoms with Crippen LogP contribution in [-0.2, 0) is 11.2 Å². The van der Waals surface area contributed by atoms with E-state index in [1.165, 1.54) is 12.1 Å². The molecule has 0 unspecified atom stereocenters. The fourth-order valence-electron chi connectivity index (χ4n) is 4.51. The van der Waals surface area contributed by atoms with E-state index in [2.05, 4.69) is 15.3 Å². The monoisotopic (exact) mass is 370 g/mol. The maximum absolute atomic E-state index is 13.8. The number of likely N-dealkylation sites (tertiary alicyclic amines) is 1. The van der Waals surface area contributed by atoms with Gasteiger partial charge in [0.15, 0.2) is 0 Å². The van der Waals surface area contributed by atoms with Crippen molar-refractivity contribution in [3.05, 3.63) is 63.1 Å². The summed E-state index contributed by atoms with van der Waals surface area (Å²) in [4.78, 5) is 34.2. The number of H-pyrrole nitrogens is 1. The van der Waals surface area contributed by atoms with Gasteiger partial charge in [-0.2, -0.15) is 0 Å². The minimum Gasteiger partial charge on any atom is -0.335 e. The number of nitrogens with one attached hydrogen (secondary N) is 2. The molecule has 0 saturated carbocycles. The van der Waals surface area contributed by atoms with Gasteiger partial charge in [-0.25, -0.2) is 9.37 Å². The Bertz CT molecular complexity index is 942. The van der Waals surface area contributed by atoms with E-state index in [1.54, 1.807) is 19.9 Å². The van der Waals surface area contributed by atoms with E-state index >= 15 is 0 Å². The molecule has 0 spiro atoms. The number of hydrogen-bond donors (Lipinski definition) is 2. The summed E-state index contributed by atoms with van der Waals surface area (Å²) in [5, 5.41) is 3.38. The molecule has 27 heavy (non-hydrogen) atoms. The van der Waals surface area contributed by atoms with Gasteiger partial charge >= 0.3 is 0 Å². The maximum Gasteiger partial charge on any atom is 0.254 e. The molecule has 2 aliphatic heterocycles. The molecule has 3 atom stereocenters. The van der Waals surface area contributed by atoms with Crippen LogP contribution in [0.4, 0.5) is 4.39 Å². The molecule has 2 fully saturated rings. The highest BCUT2D eigenvalue weighted by Crippen LogP contribution is 2.42. The predicted molar refractivity (Wildman–Crippen MR) is 98.7 cm³/mol. The molecule has 6 nitrogen and oxygen atoms in total. The van der Waals surface area contributed by atoms with Crippen molar-refractivity contribution in [2.75, 3.05) is 19.6 Å². The van der Waals surface area contributed by atoms with Gasteiger partial charge in [-0.15, -0.1) is 0 Å². The van der Waals surface area contributed by atoms with Crippen molar-refractivity contribution >= 4 is 5.91 Å². The summed E-state index contributed by atoms with van der Waals surface area (Å²) in [5.74, 6) is 0.722. The van der Waals surface area contributed by atoms with Gasteiger partial charge in [0.05, 0.1) is 12.5 Å². The lowest BCUT2D eigenvalue weighted by Gasteiger charge is -2.28. The Morgan fingerprint density at radius 1 is 1.33 bits per heavy atom. The summed E-state index contributed by atoms with van der Waals surface area (Å²) in [6.45, 7) is 5.74. The third-order valence-electron chi connectivity index (χ3n) is 5.74. The average Bonchev–Trinajstić information content (AvgIpc) is 3.18. The topological polar surface area (TPSA) is 78.1 Å². The summed E-state index contributed by atoms with van der Waals surface area (Å²) in [5.41, 5.74) is 1.52. The third-order valence-corrected chi connectivity index (χ3v) is 5.74. The first-order valence-electron chi connectivity index (χ1n) is 9.26. The van der Waals surface area contributed by atoms with Crippen LogP contribution in [0.1, 0.15) is 28.7 Å². The number of aromatic amines is 1. The molecule has 0 radical (unpaired) electrons. The van der Waals surface area contributed by atoms with Crippen LogP contribution in [0.5, 0.6) is 0 Å². The van der Waals surface area contributed by atoms with Crippen LogP contribution in [0, 0.1) is 31.5 Å². The fraction of sp³-hybridized carbons (Fsp3) is 0.450. The Hall–Kier alpha value is -2.54. The molecule has 2 aliphatic rings. The lowest BCUT2D eigenvalue weighted by Crippen LogP contribution is -2.37. The Labute approximate surface area is 156 Å². The van der Waals surface area contributed by atoms with Gasteiger partial charge in [0.25, 0.3) is 5.56 Å². The van der Waals surface area contributed by atoms with Crippen molar-refractivity contribution < 1.29 is 9.18 Å². The van der Waals surface area contributed by atoms with Gasteiger partial charge in [0.2, 0.25) is 5.91 Å². The predicted octanol–water partition coefficient (Wildman–Crippen LogP) is 1.49. The molecule has 1 amide bonds. The van der Waals surface area contributed by atoms with Crippen molar-refractivity contribution in [2.45, 2.75) is 26.3 Å². The summed E-state index contributed by atoms with van der Waals surface area (Å²) >= 11 is 0. The number of benzene rings is 1. The lowest BCUT2D eigenvalue weighted by atomic mass is 9.89. The molecular formula is C20H23FN4O2. The molecule has 142 valence electrons. The molecule has 3 heterocycles. The number of aryl methyl sites for hydroxylation is 2. The number of fused-ring (bicyclic) bond motifs is 1. The van der Waals surface area contributed by atoms with Gasteiger partial charge in [0.1, 0.15) is 11.6 Å². The molecule has 1 aromatic carbocycles. The van der Waals surface area contributed by atoms with E-state index in [-0.39, 0.29) is 35.7 Å². The zero-order valence-electron chi connectivity index (χ0n) is 15.5. The zero-order valence-corrected chi connectivity index (χ0v) is 15.5. The summed E-state index contributed by atoms with van der Waals surface area (Å²) in [6, 6.07) is 6.31. The van der Waals surface area contributed by atoms with Gasteiger partial charge in [0, 0.05) is 36.8 Å². The second-order valence-corrected chi connectivity index (χ2v) is 7.52. The van der Waals surface area contributed by atoms with Crippen LogP contribution in [0.25, 0.3) is 0 Å². The van der Waals surface area contributed by atoms with Crippen molar-refractivity contribution in [1.29, 1.82) is 0 Å².